The summed E-state index contributed by atoms with van der Waals surface area (Å²) in [6, 6.07) is 17.6. The number of hydrogen-bond donors (Lipinski definition) is 2. The first-order valence-corrected chi connectivity index (χ1v) is 9.74. The quantitative estimate of drug-likeness (QED) is 0.358. The van der Waals surface area contributed by atoms with E-state index in [9.17, 15) is 14.4 Å². The van der Waals surface area contributed by atoms with Crippen LogP contribution in [0, 0.1) is 0 Å². The number of para-hydroxylation sites is 1. The van der Waals surface area contributed by atoms with Crippen LogP contribution in [0.15, 0.2) is 73.1 Å². The molecule has 0 saturated heterocycles. The van der Waals surface area contributed by atoms with Crippen LogP contribution in [-0.4, -0.2) is 27.1 Å². The molecule has 7 nitrogen and oxygen atoms in total. The minimum absolute atomic E-state index is 0.147. The summed E-state index contributed by atoms with van der Waals surface area (Å²) in [7, 11) is 0. The van der Waals surface area contributed by atoms with Gasteiger partial charge in [0.15, 0.2) is 0 Å². The summed E-state index contributed by atoms with van der Waals surface area (Å²) in [5.41, 5.74) is 7.51. The summed E-state index contributed by atoms with van der Waals surface area (Å²) < 4.78 is 1.92. The molecular formula is C23H17ClN4O3. The van der Waals surface area contributed by atoms with Crippen LogP contribution in [0.4, 0.5) is 5.82 Å². The SMILES string of the molecule is NC(=O)c1ccc(NC(=O)C(=O)c2cn(Cc3ccc(Cl)cc3)c3ccccc23)nc1. The van der Waals surface area contributed by atoms with Crippen molar-refractivity contribution in [2.75, 3.05) is 5.32 Å². The highest BCUT2D eigenvalue weighted by molar-refractivity contribution is 6.48. The Morgan fingerprint density at radius 2 is 1.74 bits per heavy atom. The number of amides is 2. The fourth-order valence-corrected chi connectivity index (χ4v) is 3.38. The molecule has 2 amide bonds. The Labute approximate surface area is 182 Å². The number of carbonyl (C=O) groups is 3. The number of Topliss-reactive ketones (excluding diaryl/α,β-unsaturated/α-hetero) is 1. The summed E-state index contributed by atoms with van der Waals surface area (Å²) in [6.45, 7) is 0.517. The Morgan fingerprint density at radius 1 is 1.00 bits per heavy atom. The lowest BCUT2D eigenvalue weighted by atomic mass is 10.1. The van der Waals surface area contributed by atoms with E-state index in [1.807, 2.05) is 34.9 Å². The maximum absolute atomic E-state index is 12.9. The van der Waals surface area contributed by atoms with Crippen LogP contribution < -0.4 is 11.1 Å². The zero-order valence-corrected chi connectivity index (χ0v) is 17.0. The largest absolute Gasteiger partial charge is 0.366 e. The predicted octanol–water partition coefficient (Wildman–Crippen LogP) is 3.66. The Balaban J connectivity index is 1.60. The topological polar surface area (TPSA) is 107 Å². The molecule has 31 heavy (non-hydrogen) atoms. The summed E-state index contributed by atoms with van der Waals surface area (Å²) >= 11 is 5.96. The number of primary amides is 1. The molecule has 2 aromatic heterocycles. The van der Waals surface area contributed by atoms with E-state index in [4.69, 9.17) is 17.3 Å². The van der Waals surface area contributed by atoms with Gasteiger partial charge in [-0.3, -0.25) is 14.4 Å². The van der Waals surface area contributed by atoms with E-state index in [-0.39, 0.29) is 16.9 Å². The number of nitrogens with zero attached hydrogens (tertiary/aromatic N) is 2. The van der Waals surface area contributed by atoms with Gasteiger partial charge < -0.3 is 15.6 Å². The monoisotopic (exact) mass is 432 g/mol. The van der Waals surface area contributed by atoms with E-state index >= 15 is 0 Å². The first kappa shape index (κ1) is 20.3. The molecule has 0 aliphatic rings. The Kier molecular flexibility index (Phi) is 5.51. The molecule has 0 aliphatic heterocycles. The van der Waals surface area contributed by atoms with Crippen molar-refractivity contribution in [1.29, 1.82) is 0 Å². The molecule has 0 spiro atoms. The fourth-order valence-electron chi connectivity index (χ4n) is 3.25. The number of nitrogens with two attached hydrogens (primary N) is 1. The van der Waals surface area contributed by atoms with Gasteiger partial charge in [0.1, 0.15) is 5.82 Å². The van der Waals surface area contributed by atoms with Gasteiger partial charge in [0.2, 0.25) is 5.91 Å². The molecule has 154 valence electrons. The van der Waals surface area contributed by atoms with Crippen molar-refractivity contribution in [2.45, 2.75) is 6.54 Å². The number of pyridine rings is 1. The lowest BCUT2D eigenvalue weighted by Gasteiger charge is -2.05. The summed E-state index contributed by atoms with van der Waals surface area (Å²) in [5, 5.41) is 3.78. The molecule has 0 bridgehead atoms. The van der Waals surface area contributed by atoms with Gasteiger partial charge in [-0.05, 0) is 35.9 Å². The van der Waals surface area contributed by atoms with Gasteiger partial charge in [0, 0.05) is 34.9 Å². The second kappa shape index (κ2) is 8.41. The van der Waals surface area contributed by atoms with Crippen molar-refractivity contribution >= 4 is 45.9 Å². The number of hydrogen-bond acceptors (Lipinski definition) is 4. The van der Waals surface area contributed by atoms with E-state index in [1.54, 1.807) is 24.4 Å². The average Bonchev–Trinajstić information content (AvgIpc) is 3.13. The van der Waals surface area contributed by atoms with E-state index in [2.05, 4.69) is 10.3 Å². The van der Waals surface area contributed by atoms with Crippen LogP contribution in [-0.2, 0) is 11.3 Å². The molecule has 0 atom stereocenters. The van der Waals surface area contributed by atoms with Crippen molar-refractivity contribution in [3.63, 3.8) is 0 Å². The molecule has 8 heteroatoms. The molecule has 0 saturated carbocycles. The Bertz CT molecular complexity index is 1290. The molecule has 4 aromatic rings. The molecular weight excluding hydrogens is 416 g/mol. The Hall–Kier alpha value is -3.97. The average molecular weight is 433 g/mol. The van der Waals surface area contributed by atoms with Gasteiger partial charge in [0.25, 0.3) is 11.7 Å². The van der Waals surface area contributed by atoms with Crippen molar-refractivity contribution in [2.24, 2.45) is 5.73 Å². The van der Waals surface area contributed by atoms with E-state index in [0.717, 1.165) is 11.1 Å². The number of aromatic nitrogens is 2. The van der Waals surface area contributed by atoms with E-state index in [0.29, 0.717) is 17.0 Å². The first-order chi connectivity index (χ1) is 14.9. The van der Waals surface area contributed by atoms with Crippen LogP contribution >= 0.6 is 11.6 Å². The van der Waals surface area contributed by atoms with Crippen LogP contribution in [0.3, 0.4) is 0 Å². The highest BCUT2D eigenvalue weighted by Gasteiger charge is 2.22. The van der Waals surface area contributed by atoms with Crippen molar-refractivity contribution in [3.05, 3.63) is 94.8 Å². The normalized spacial score (nSPS) is 10.7. The summed E-state index contributed by atoms with van der Waals surface area (Å²) in [6.07, 6.45) is 2.91. The zero-order valence-electron chi connectivity index (χ0n) is 16.2. The number of carbonyl (C=O) groups excluding carboxylic acids is 3. The van der Waals surface area contributed by atoms with Crippen molar-refractivity contribution < 1.29 is 14.4 Å². The number of benzene rings is 2. The van der Waals surface area contributed by atoms with Gasteiger partial charge in [-0.2, -0.15) is 0 Å². The van der Waals surface area contributed by atoms with Gasteiger partial charge >= 0.3 is 0 Å². The number of rotatable bonds is 6. The highest BCUT2D eigenvalue weighted by Crippen LogP contribution is 2.24. The van der Waals surface area contributed by atoms with Crippen LogP contribution in [0.5, 0.6) is 0 Å². The number of nitrogens with one attached hydrogen (secondary N) is 1. The minimum Gasteiger partial charge on any atom is -0.366 e. The molecule has 0 fully saturated rings. The Morgan fingerprint density at radius 3 is 2.42 bits per heavy atom. The second-order valence-corrected chi connectivity index (χ2v) is 7.33. The molecule has 3 N–H and O–H groups in total. The van der Waals surface area contributed by atoms with E-state index in [1.165, 1.54) is 18.3 Å². The van der Waals surface area contributed by atoms with Crippen LogP contribution in [0.1, 0.15) is 26.3 Å². The maximum atomic E-state index is 12.9. The van der Waals surface area contributed by atoms with Gasteiger partial charge in [-0.1, -0.05) is 41.9 Å². The van der Waals surface area contributed by atoms with Crippen LogP contribution in [0.25, 0.3) is 10.9 Å². The molecule has 2 heterocycles. The minimum atomic E-state index is -0.825. The molecule has 0 radical (unpaired) electrons. The lowest BCUT2D eigenvalue weighted by Crippen LogP contribution is -2.23. The third-order valence-electron chi connectivity index (χ3n) is 4.80. The molecule has 2 aromatic carbocycles. The third-order valence-corrected chi connectivity index (χ3v) is 5.05. The van der Waals surface area contributed by atoms with Gasteiger partial charge in [-0.25, -0.2) is 4.98 Å². The molecule has 0 aliphatic carbocycles. The lowest BCUT2D eigenvalue weighted by molar-refractivity contribution is -0.112. The summed E-state index contributed by atoms with van der Waals surface area (Å²) in [5.74, 6) is -2.00. The second-order valence-electron chi connectivity index (χ2n) is 6.89. The third kappa shape index (κ3) is 4.31. The van der Waals surface area contributed by atoms with Crippen molar-refractivity contribution in [1.82, 2.24) is 9.55 Å². The van der Waals surface area contributed by atoms with Gasteiger partial charge in [-0.15, -0.1) is 0 Å². The zero-order chi connectivity index (χ0) is 22.0. The fraction of sp³-hybridized carbons (Fsp3) is 0.0435. The number of fused-ring (bicyclic) bond motifs is 1. The number of ketones is 1. The summed E-state index contributed by atoms with van der Waals surface area (Å²) in [4.78, 5) is 40.5. The maximum Gasteiger partial charge on any atom is 0.298 e. The van der Waals surface area contributed by atoms with Crippen molar-refractivity contribution in [3.8, 4) is 0 Å². The molecule has 4 rings (SSSR count). The van der Waals surface area contributed by atoms with Crippen LogP contribution in [0.2, 0.25) is 5.02 Å². The number of anilines is 1. The van der Waals surface area contributed by atoms with E-state index < -0.39 is 17.6 Å². The first-order valence-electron chi connectivity index (χ1n) is 9.36. The number of halogens is 1. The standard InChI is InChI=1S/C23H17ClN4O3/c24-16-8-5-14(6-9-16)12-28-13-18(17-3-1-2-4-19(17)28)21(29)23(31)27-20-10-7-15(11-26-20)22(25)30/h1-11,13H,12H2,(H2,25,30)(H,26,27,31). The highest BCUT2D eigenvalue weighted by atomic mass is 35.5. The smallest absolute Gasteiger partial charge is 0.298 e. The molecule has 0 unspecified atom stereocenters. The predicted molar refractivity (Wildman–Crippen MR) is 118 cm³/mol. The van der Waals surface area contributed by atoms with Gasteiger partial charge in [0.05, 0.1) is 11.1 Å².